The summed E-state index contributed by atoms with van der Waals surface area (Å²) in [6.07, 6.45) is 1.19. The van der Waals surface area contributed by atoms with Crippen LogP contribution in [0.1, 0.15) is 33.0 Å². The van der Waals surface area contributed by atoms with Gasteiger partial charge in [-0.15, -0.1) is 10.2 Å². The molecule has 0 aliphatic carbocycles. The topological polar surface area (TPSA) is 112 Å². The van der Waals surface area contributed by atoms with Crippen molar-refractivity contribution in [1.29, 1.82) is 0 Å². The van der Waals surface area contributed by atoms with Crippen LogP contribution in [0.3, 0.4) is 0 Å². The zero-order valence-electron chi connectivity index (χ0n) is 13.3. The van der Waals surface area contributed by atoms with Crippen LogP contribution in [-0.4, -0.2) is 45.7 Å². The number of amides is 1. The summed E-state index contributed by atoms with van der Waals surface area (Å²) in [5.41, 5.74) is 0. The molecule has 124 valence electrons. The van der Waals surface area contributed by atoms with Crippen molar-refractivity contribution in [3.8, 4) is 0 Å². The Bertz CT molecular complexity index is 518. The van der Waals surface area contributed by atoms with Gasteiger partial charge >= 0.3 is 5.97 Å². The first-order valence-corrected chi connectivity index (χ1v) is 8.06. The van der Waals surface area contributed by atoms with Gasteiger partial charge in [0.1, 0.15) is 6.04 Å². The van der Waals surface area contributed by atoms with Crippen molar-refractivity contribution in [2.45, 2.75) is 44.8 Å². The number of carbonyl (C=O) groups excluding carboxylic acids is 2. The van der Waals surface area contributed by atoms with Crippen molar-refractivity contribution in [3.63, 3.8) is 0 Å². The molecule has 0 unspecified atom stereocenters. The van der Waals surface area contributed by atoms with Crippen molar-refractivity contribution in [2.75, 3.05) is 18.7 Å². The highest BCUT2D eigenvalue weighted by Crippen LogP contribution is 2.14. The molecule has 8 nitrogen and oxygen atoms in total. The first-order chi connectivity index (χ1) is 10.4. The zero-order valence-corrected chi connectivity index (χ0v) is 14.1. The predicted octanol–water partition coefficient (Wildman–Crippen LogP) is 0.350. The normalized spacial score (nSPS) is 12.2. The molecule has 0 spiro atoms. The van der Waals surface area contributed by atoms with Gasteiger partial charge in [0.05, 0.1) is 12.9 Å². The van der Waals surface area contributed by atoms with Gasteiger partial charge in [0.25, 0.3) is 0 Å². The summed E-state index contributed by atoms with van der Waals surface area (Å²) < 4.78 is 6.07. The van der Waals surface area contributed by atoms with Gasteiger partial charge in [-0.3, -0.25) is 4.79 Å². The number of rotatable bonds is 8. The SMILES string of the molecule is CCc1nnc(SCC(=O)N[C@@H](CC(C)C)C(=O)OC)n1N. The van der Waals surface area contributed by atoms with E-state index in [-0.39, 0.29) is 17.6 Å². The van der Waals surface area contributed by atoms with E-state index in [9.17, 15) is 9.59 Å². The molecule has 3 N–H and O–H groups in total. The maximum Gasteiger partial charge on any atom is 0.328 e. The minimum Gasteiger partial charge on any atom is -0.467 e. The Morgan fingerprint density at radius 3 is 2.59 bits per heavy atom. The van der Waals surface area contributed by atoms with E-state index in [0.717, 1.165) is 0 Å². The number of nitrogens with two attached hydrogens (primary N) is 1. The molecule has 0 bridgehead atoms. The van der Waals surface area contributed by atoms with Crippen LogP contribution in [0.25, 0.3) is 0 Å². The van der Waals surface area contributed by atoms with E-state index in [4.69, 9.17) is 10.6 Å². The van der Waals surface area contributed by atoms with Gasteiger partial charge in [0, 0.05) is 6.42 Å². The van der Waals surface area contributed by atoms with Crippen LogP contribution >= 0.6 is 11.8 Å². The molecular weight excluding hydrogens is 306 g/mol. The van der Waals surface area contributed by atoms with Gasteiger partial charge < -0.3 is 15.9 Å². The Balaban J connectivity index is 2.56. The lowest BCUT2D eigenvalue weighted by molar-refractivity contribution is -0.145. The molecule has 0 aliphatic rings. The molecule has 0 aromatic carbocycles. The maximum absolute atomic E-state index is 12.0. The molecule has 0 fully saturated rings. The highest BCUT2D eigenvalue weighted by Gasteiger charge is 2.23. The van der Waals surface area contributed by atoms with E-state index in [0.29, 0.717) is 23.8 Å². The van der Waals surface area contributed by atoms with Crippen LogP contribution < -0.4 is 11.2 Å². The molecule has 0 saturated heterocycles. The van der Waals surface area contributed by atoms with E-state index >= 15 is 0 Å². The van der Waals surface area contributed by atoms with Crippen molar-refractivity contribution in [1.82, 2.24) is 20.2 Å². The van der Waals surface area contributed by atoms with Crippen LogP contribution in [0, 0.1) is 5.92 Å². The third-order valence-electron chi connectivity index (χ3n) is 2.91. The number of nitrogen functional groups attached to an aromatic ring is 1. The average Bonchev–Trinajstić information content (AvgIpc) is 2.83. The minimum absolute atomic E-state index is 0.102. The quantitative estimate of drug-likeness (QED) is 0.402. The number of hydrogen-bond acceptors (Lipinski definition) is 7. The molecule has 1 amide bonds. The van der Waals surface area contributed by atoms with Gasteiger partial charge in [-0.2, -0.15) is 0 Å². The van der Waals surface area contributed by atoms with Gasteiger partial charge in [0.2, 0.25) is 11.1 Å². The lowest BCUT2D eigenvalue weighted by atomic mass is 10.0. The third-order valence-corrected chi connectivity index (χ3v) is 3.85. The molecule has 1 heterocycles. The van der Waals surface area contributed by atoms with Gasteiger partial charge in [-0.05, 0) is 12.3 Å². The summed E-state index contributed by atoms with van der Waals surface area (Å²) in [4.78, 5) is 23.6. The van der Waals surface area contributed by atoms with Crippen molar-refractivity contribution < 1.29 is 14.3 Å². The molecule has 0 radical (unpaired) electrons. The minimum atomic E-state index is -0.639. The second-order valence-electron chi connectivity index (χ2n) is 5.18. The van der Waals surface area contributed by atoms with Crippen LogP contribution in [-0.2, 0) is 20.7 Å². The number of aryl methyl sites for hydroxylation is 1. The average molecular weight is 329 g/mol. The number of nitrogens with zero attached hydrogens (tertiary/aromatic N) is 3. The maximum atomic E-state index is 12.0. The lowest BCUT2D eigenvalue weighted by Crippen LogP contribution is -2.43. The predicted molar refractivity (Wildman–Crippen MR) is 83.7 cm³/mol. The number of thioether (sulfide) groups is 1. The van der Waals surface area contributed by atoms with Crippen LogP contribution in [0.15, 0.2) is 5.16 Å². The summed E-state index contributed by atoms with van der Waals surface area (Å²) in [5.74, 6) is 6.09. The number of nitrogens with one attached hydrogen (secondary N) is 1. The molecule has 9 heteroatoms. The standard InChI is InChI=1S/C13H23N5O3S/c1-5-10-16-17-13(18(10)14)22-7-11(19)15-9(6-8(2)3)12(20)21-4/h8-9H,5-7,14H2,1-4H3,(H,15,19)/t9-/m0/s1. The number of aromatic nitrogens is 3. The summed E-state index contributed by atoms with van der Waals surface area (Å²) in [7, 11) is 1.31. The summed E-state index contributed by atoms with van der Waals surface area (Å²) in [6, 6.07) is -0.639. The monoisotopic (exact) mass is 329 g/mol. The van der Waals surface area contributed by atoms with Gasteiger partial charge in [-0.25, -0.2) is 9.47 Å². The second-order valence-corrected chi connectivity index (χ2v) is 6.13. The molecule has 1 atom stereocenters. The molecule has 1 rings (SSSR count). The Morgan fingerprint density at radius 1 is 1.41 bits per heavy atom. The number of esters is 1. The van der Waals surface area contributed by atoms with E-state index in [1.54, 1.807) is 0 Å². The van der Waals surface area contributed by atoms with Crippen LogP contribution in [0.4, 0.5) is 0 Å². The van der Waals surface area contributed by atoms with Crippen molar-refractivity contribution in [2.24, 2.45) is 5.92 Å². The summed E-state index contributed by atoms with van der Waals surface area (Å²) >= 11 is 1.17. The highest BCUT2D eigenvalue weighted by molar-refractivity contribution is 7.99. The molecule has 1 aromatic rings. The summed E-state index contributed by atoms with van der Waals surface area (Å²) in [6.45, 7) is 5.86. The van der Waals surface area contributed by atoms with E-state index in [2.05, 4.69) is 15.5 Å². The van der Waals surface area contributed by atoms with Crippen LogP contribution in [0.2, 0.25) is 0 Å². The smallest absolute Gasteiger partial charge is 0.328 e. The van der Waals surface area contributed by atoms with E-state index < -0.39 is 12.0 Å². The molecular formula is C13H23N5O3S. The molecule has 1 aromatic heterocycles. The number of carbonyl (C=O) groups is 2. The highest BCUT2D eigenvalue weighted by atomic mass is 32.2. The molecule has 0 saturated carbocycles. The largest absolute Gasteiger partial charge is 0.467 e. The van der Waals surface area contributed by atoms with E-state index in [1.807, 2.05) is 20.8 Å². The van der Waals surface area contributed by atoms with Crippen molar-refractivity contribution >= 4 is 23.6 Å². The fourth-order valence-electron chi connectivity index (χ4n) is 1.84. The molecule has 22 heavy (non-hydrogen) atoms. The van der Waals surface area contributed by atoms with E-state index in [1.165, 1.54) is 23.5 Å². The first kappa shape index (κ1) is 18.3. The summed E-state index contributed by atoms with van der Waals surface area (Å²) in [5, 5.41) is 11.0. The van der Waals surface area contributed by atoms with Crippen molar-refractivity contribution in [3.05, 3.63) is 5.82 Å². The fourth-order valence-corrected chi connectivity index (χ4v) is 2.53. The first-order valence-electron chi connectivity index (χ1n) is 7.08. The Hall–Kier alpha value is -1.77. The Labute approximate surface area is 134 Å². The van der Waals surface area contributed by atoms with Gasteiger partial charge in [-0.1, -0.05) is 32.5 Å². The number of hydrogen-bond donors (Lipinski definition) is 2. The lowest BCUT2D eigenvalue weighted by Gasteiger charge is -2.18. The Morgan fingerprint density at radius 2 is 2.09 bits per heavy atom. The van der Waals surface area contributed by atoms with Crippen LogP contribution in [0.5, 0.6) is 0 Å². The van der Waals surface area contributed by atoms with Gasteiger partial charge in [0.15, 0.2) is 5.82 Å². The Kier molecular flexibility index (Phi) is 7.16. The molecule has 0 aliphatic heterocycles. The fraction of sp³-hybridized carbons (Fsp3) is 0.692. The second kappa shape index (κ2) is 8.62. The zero-order chi connectivity index (χ0) is 16.7. The number of methoxy groups -OCH3 is 1. The third kappa shape index (κ3) is 5.21. The number of ether oxygens (including phenoxy) is 1.